The van der Waals surface area contributed by atoms with Gasteiger partial charge in [0.05, 0.1) is 6.26 Å². The van der Waals surface area contributed by atoms with Crippen molar-refractivity contribution in [2.24, 2.45) is 5.92 Å². The Bertz CT molecular complexity index is 603. The van der Waals surface area contributed by atoms with Crippen molar-refractivity contribution in [3.63, 3.8) is 0 Å². The Labute approximate surface area is 142 Å². The number of furan rings is 1. The number of carbonyl (C=O) groups is 1. The summed E-state index contributed by atoms with van der Waals surface area (Å²) in [5, 5.41) is 10.2. The second kappa shape index (κ2) is 8.17. The maximum Gasteiger partial charge on any atom is 0.274 e. The molecule has 0 aromatic carbocycles. The Hall–Kier alpha value is -1.79. The Morgan fingerprint density at radius 2 is 2.26 bits per heavy atom. The van der Waals surface area contributed by atoms with Crippen LogP contribution in [0.5, 0.6) is 0 Å². The molecule has 7 heteroatoms. The maximum absolute atomic E-state index is 12.5. The van der Waals surface area contributed by atoms with E-state index in [9.17, 15) is 4.79 Å². The van der Waals surface area contributed by atoms with Crippen molar-refractivity contribution in [2.75, 3.05) is 26.7 Å². The summed E-state index contributed by atoms with van der Waals surface area (Å²) in [5.74, 6) is 1.41. The third-order valence-electron chi connectivity index (χ3n) is 4.29. The summed E-state index contributed by atoms with van der Waals surface area (Å²) in [4.78, 5) is 14.4. The van der Waals surface area contributed by atoms with Gasteiger partial charge in [0.1, 0.15) is 5.69 Å². The number of carbonyl (C=O) groups excluding carboxylic acids is 1. The molecule has 0 spiro atoms. The fourth-order valence-corrected chi connectivity index (χ4v) is 2.92. The van der Waals surface area contributed by atoms with Crippen LogP contribution >= 0.6 is 12.4 Å². The van der Waals surface area contributed by atoms with Crippen molar-refractivity contribution in [3.05, 3.63) is 30.2 Å². The van der Waals surface area contributed by atoms with Crippen LogP contribution in [0.2, 0.25) is 0 Å². The molecule has 1 saturated heterocycles. The minimum atomic E-state index is 0. The van der Waals surface area contributed by atoms with E-state index in [0.29, 0.717) is 11.5 Å². The van der Waals surface area contributed by atoms with E-state index in [4.69, 9.17) is 4.42 Å². The van der Waals surface area contributed by atoms with Gasteiger partial charge in [0, 0.05) is 19.2 Å². The molecule has 3 heterocycles. The van der Waals surface area contributed by atoms with E-state index >= 15 is 0 Å². The molecule has 0 atom stereocenters. The van der Waals surface area contributed by atoms with Crippen molar-refractivity contribution in [1.29, 1.82) is 0 Å². The van der Waals surface area contributed by atoms with Gasteiger partial charge in [-0.2, -0.15) is 5.10 Å². The number of rotatable bonds is 5. The molecule has 0 unspecified atom stereocenters. The Balaban J connectivity index is 0.00000192. The van der Waals surface area contributed by atoms with Gasteiger partial charge in [-0.25, -0.2) is 0 Å². The van der Waals surface area contributed by atoms with E-state index in [0.717, 1.165) is 44.1 Å². The maximum atomic E-state index is 12.5. The molecule has 23 heavy (non-hydrogen) atoms. The minimum Gasteiger partial charge on any atom is -0.463 e. The Morgan fingerprint density at radius 3 is 2.91 bits per heavy atom. The average molecular weight is 339 g/mol. The lowest BCUT2D eigenvalue weighted by Gasteiger charge is -2.31. The number of nitrogens with one attached hydrogen (secondary N) is 2. The van der Waals surface area contributed by atoms with Gasteiger partial charge < -0.3 is 14.6 Å². The number of aromatic nitrogens is 2. The van der Waals surface area contributed by atoms with Crippen molar-refractivity contribution < 1.29 is 9.21 Å². The lowest BCUT2D eigenvalue weighted by atomic mass is 9.93. The molecule has 126 valence electrons. The highest BCUT2D eigenvalue weighted by Crippen LogP contribution is 2.23. The predicted octanol–water partition coefficient (Wildman–Crippen LogP) is 2.55. The van der Waals surface area contributed by atoms with Gasteiger partial charge in [0.2, 0.25) is 0 Å². The third kappa shape index (κ3) is 4.14. The highest BCUT2D eigenvalue weighted by molar-refractivity contribution is 5.93. The predicted molar refractivity (Wildman–Crippen MR) is 90.7 cm³/mol. The molecule has 1 aliphatic heterocycles. The van der Waals surface area contributed by atoms with Gasteiger partial charge in [-0.15, -0.1) is 12.4 Å². The molecular weight excluding hydrogens is 316 g/mol. The first-order chi connectivity index (χ1) is 10.8. The molecule has 2 aromatic rings. The van der Waals surface area contributed by atoms with Crippen LogP contribution < -0.4 is 5.32 Å². The molecule has 1 amide bonds. The monoisotopic (exact) mass is 338 g/mol. The zero-order chi connectivity index (χ0) is 15.4. The molecule has 1 aliphatic rings. The molecule has 0 bridgehead atoms. The molecule has 0 radical (unpaired) electrons. The van der Waals surface area contributed by atoms with Crippen molar-refractivity contribution in [1.82, 2.24) is 20.4 Å². The Kier molecular flexibility index (Phi) is 6.24. The van der Waals surface area contributed by atoms with Crippen LogP contribution in [-0.2, 0) is 0 Å². The first-order valence-electron chi connectivity index (χ1n) is 7.81. The molecule has 0 aliphatic carbocycles. The van der Waals surface area contributed by atoms with Crippen LogP contribution in [-0.4, -0.2) is 47.7 Å². The van der Waals surface area contributed by atoms with Crippen LogP contribution in [0.25, 0.3) is 11.5 Å². The average Bonchev–Trinajstić information content (AvgIpc) is 3.23. The van der Waals surface area contributed by atoms with E-state index in [1.807, 2.05) is 24.1 Å². The fraction of sp³-hybridized carbons (Fsp3) is 0.500. The van der Waals surface area contributed by atoms with Crippen molar-refractivity contribution >= 4 is 18.3 Å². The summed E-state index contributed by atoms with van der Waals surface area (Å²) in [5.41, 5.74) is 1.19. The summed E-state index contributed by atoms with van der Waals surface area (Å²) in [6.07, 6.45) is 4.93. The molecule has 2 aromatic heterocycles. The fourth-order valence-electron chi connectivity index (χ4n) is 2.92. The lowest BCUT2D eigenvalue weighted by molar-refractivity contribution is 0.0681. The Morgan fingerprint density at radius 1 is 1.48 bits per heavy atom. The normalized spacial score (nSPS) is 15.4. The number of H-pyrrole nitrogens is 1. The summed E-state index contributed by atoms with van der Waals surface area (Å²) in [6, 6.07) is 5.41. The number of likely N-dealkylation sites (tertiary alicyclic amines) is 1. The number of aromatic amines is 1. The van der Waals surface area contributed by atoms with Crippen LogP contribution in [0.4, 0.5) is 0 Å². The van der Waals surface area contributed by atoms with E-state index < -0.39 is 0 Å². The largest absolute Gasteiger partial charge is 0.463 e. The van der Waals surface area contributed by atoms with Crippen LogP contribution in [0.3, 0.4) is 0 Å². The highest BCUT2D eigenvalue weighted by atomic mass is 35.5. The molecule has 3 rings (SSSR count). The molecular formula is C16H23ClN4O2. The van der Waals surface area contributed by atoms with Crippen molar-refractivity contribution in [3.8, 4) is 11.5 Å². The number of amides is 1. The van der Waals surface area contributed by atoms with Gasteiger partial charge in [-0.3, -0.25) is 9.89 Å². The van der Waals surface area contributed by atoms with Crippen LogP contribution in [0.15, 0.2) is 28.9 Å². The first kappa shape index (κ1) is 17.6. The zero-order valence-corrected chi connectivity index (χ0v) is 14.1. The van der Waals surface area contributed by atoms with Gasteiger partial charge in [-0.1, -0.05) is 0 Å². The van der Waals surface area contributed by atoms with Gasteiger partial charge in [0.15, 0.2) is 11.5 Å². The van der Waals surface area contributed by atoms with Gasteiger partial charge in [0.25, 0.3) is 5.91 Å². The molecule has 6 nitrogen and oxygen atoms in total. The number of piperidine rings is 1. The van der Waals surface area contributed by atoms with Gasteiger partial charge >= 0.3 is 0 Å². The third-order valence-corrected chi connectivity index (χ3v) is 4.29. The topological polar surface area (TPSA) is 74.2 Å². The molecule has 1 fully saturated rings. The zero-order valence-electron chi connectivity index (χ0n) is 13.2. The quantitative estimate of drug-likeness (QED) is 0.878. The SMILES string of the molecule is CNCCC1CCN(C(=O)c2cc(-c3ccco3)[nH]n2)CC1.Cl. The lowest BCUT2D eigenvalue weighted by Crippen LogP contribution is -2.39. The van der Waals surface area contributed by atoms with E-state index in [1.54, 1.807) is 12.3 Å². The van der Waals surface area contributed by atoms with Crippen molar-refractivity contribution in [2.45, 2.75) is 19.3 Å². The minimum absolute atomic E-state index is 0. The van der Waals surface area contributed by atoms with Crippen LogP contribution in [0.1, 0.15) is 29.8 Å². The summed E-state index contributed by atoms with van der Waals surface area (Å²) in [6.45, 7) is 2.68. The summed E-state index contributed by atoms with van der Waals surface area (Å²) in [7, 11) is 1.98. The number of nitrogens with zero attached hydrogens (tertiary/aromatic N) is 2. The van der Waals surface area contributed by atoms with Crippen LogP contribution in [0, 0.1) is 5.92 Å². The summed E-state index contributed by atoms with van der Waals surface area (Å²) >= 11 is 0. The standard InChI is InChI=1S/C16H22N4O2.ClH/c1-17-7-4-12-5-8-20(9-6-12)16(21)14-11-13(18-19-14)15-3-2-10-22-15;/h2-3,10-12,17H,4-9H2,1H3,(H,18,19);1H. The smallest absolute Gasteiger partial charge is 0.274 e. The molecule has 2 N–H and O–H groups in total. The number of hydrogen-bond acceptors (Lipinski definition) is 4. The highest BCUT2D eigenvalue weighted by Gasteiger charge is 2.25. The second-order valence-electron chi connectivity index (χ2n) is 5.77. The molecule has 0 saturated carbocycles. The van der Waals surface area contributed by atoms with E-state index in [2.05, 4.69) is 15.5 Å². The summed E-state index contributed by atoms with van der Waals surface area (Å²) < 4.78 is 5.31. The van der Waals surface area contributed by atoms with E-state index in [-0.39, 0.29) is 18.3 Å². The van der Waals surface area contributed by atoms with Gasteiger partial charge in [-0.05, 0) is 50.9 Å². The second-order valence-corrected chi connectivity index (χ2v) is 5.77. The number of halogens is 1. The number of hydrogen-bond donors (Lipinski definition) is 2. The first-order valence-corrected chi connectivity index (χ1v) is 7.81. The van der Waals surface area contributed by atoms with E-state index in [1.165, 1.54) is 6.42 Å².